The predicted octanol–water partition coefficient (Wildman–Crippen LogP) is 4.52. The minimum atomic E-state index is -0.461. The lowest BCUT2D eigenvalue weighted by molar-refractivity contribution is 0.452. The Kier molecular flexibility index (Phi) is 3.77. The second kappa shape index (κ2) is 6.10. The number of ether oxygens (including phenoxy) is 1. The van der Waals surface area contributed by atoms with E-state index in [4.69, 9.17) is 16.3 Å². The van der Waals surface area contributed by atoms with E-state index < -0.39 is 11.6 Å². The Morgan fingerprint density at radius 3 is 2.60 bits per heavy atom. The number of fused-ring (bicyclic) bond motifs is 1. The zero-order valence-corrected chi connectivity index (χ0v) is 13.3. The summed E-state index contributed by atoms with van der Waals surface area (Å²) in [5.74, 6) is -0.359. The fraction of sp³-hybridized carbons (Fsp3) is 0. The Morgan fingerprint density at radius 1 is 0.920 bits per heavy atom. The van der Waals surface area contributed by atoms with Crippen LogP contribution in [0.3, 0.4) is 0 Å². The summed E-state index contributed by atoms with van der Waals surface area (Å²) >= 11 is 5.89. The van der Waals surface area contributed by atoms with E-state index in [1.165, 1.54) is 34.8 Å². The van der Waals surface area contributed by atoms with Crippen LogP contribution in [0.15, 0.2) is 54.6 Å². The molecule has 0 fully saturated rings. The molecule has 5 nitrogen and oxygen atoms in total. The average Bonchev–Trinajstić information content (AvgIpc) is 2.97. The van der Waals surface area contributed by atoms with Crippen molar-refractivity contribution in [1.29, 1.82) is 0 Å². The van der Waals surface area contributed by atoms with Gasteiger partial charge in [-0.05, 0) is 53.6 Å². The molecule has 2 aromatic carbocycles. The molecule has 0 saturated carbocycles. The van der Waals surface area contributed by atoms with Gasteiger partial charge >= 0.3 is 0 Å². The molecular formula is C17H9ClF2N4O. The SMILES string of the molecule is Fc1cccc(-c2cc(F)ccc2Oc2ccc3nnc(Cl)n3n2)c1. The smallest absolute Gasteiger partial charge is 0.246 e. The standard InChI is InChI=1S/C17H9ClF2N4O/c18-17-22-21-15-6-7-16(23-24(15)17)25-14-5-4-12(20)9-13(14)10-2-1-3-11(19)8-10/h1-9H. The normalized spacial score (nSPS) is 11.0. The summed E-state index contributed by atoms with van der Waals surface area (Å²) in [5.41, 5.74) is 1.34. The van der Waals surface area contributed by atoms with Crippen molar-refractivity contribution in [1.82, 2.24) is 19.8 Å². The third-order valence-corrected chi connectivity index (χ3v) is 3.73. The molecule has 8 heteroatoms. The van der Waals surface area contributed by atoms with E-state index >= 15 is 0 Å². The highest BCUT2D eigenvalue weighted by molar-refractivity contribution is 6.28. The highest BCUT2D eigenvalue weighted by Crippen LogP contribution is 2.33. The van der Waals surface area contributed by atoms with Crippen LogP contribution in [0.4, 0.5) is 8.78 Å². The summed E-state index contributed by atoms with van der Waals surface area (Å²) in [6.45, 7) is 0. The number of nitrogens with zero attached hydrogens (tertiary/aromatic N) is 4. The van der Waals surface area contributed by atoms with Gasteiger partial charge in [0.05, 0.1) is 0 Å². The molecule has 0 aliphatic carbocycles. The van der Waals surface area contributed by atoms with Crippen LogP contribution in [0.5, 0.6) is 11.6 Å². The summed E-state index contributed by atoms with van der Waals surface area (Å²) in [6, 6.07) is 13.0. The zero-order chi connectivity index (χ0) is 17.4. The molecule has 0 bridgehead atoms. The van der Waals surface area contributed by atoms with E-state index in [1.807, 2.05) is 0 Å². The lowest BCUT2D eigenvalue weighted by Gasteiger charge is -2.11. The molecule has 2 aromatic heterocycles. The van der Waals surface area contributed by atoms with E-state index in [-0.39, 0.29) is 11.2 Å². The second-order valence-corrected chi connectivity index (χ2v) is 5.50. The van der Waals surface area contributed by atoms with E-state index in [9.17, 15) is 8.78 Å². The molecule has 0 aliphatic heterocycles. The third-order valence-electron chi connectivity index (χ3n) is 3.49. The van der Waals surface area contributed by atoms with Gasteiger partial charge in [0.2, 0.25) is 11.2 Å². The van der Waals surface area contributed by atoms with Crippen LogP contribution < -0.4 is 4.74 Å². The Hall–Kier alpha value is -3.06. The molecule has 4 aromatic rings. The van der Waals surface area contributed by atoms with Gasteiger partial charge in [0.1, 0.15) is 17.4 Å². The van der Waals surface area contributed by atoms with Gasteiger partial charge in [-0.1, -0.05) is 12.1 Å². The fourth-order valence-corrected chi connectivity index (χ4v) is 2.55. The minimum Gasteiger partial charge on any atom is -0.437 e. The van der Waals surface area contributed by atoms with Crippen molar-refractivity contribution in [3.05, 3.63) is 71.5 Å². The lowest BCUT2D eigenvalue weighted by Crippen LogP contribution is -1.97. The van der Waals surface area contributed by atoms with Gasteiger partial charge in [0.15, 0.2) is 5.65 Å². The predicted molar refractivity (Wildman–Crippen MR) is 87.7 cm³/mol. The molecule has 0 atom stereocenters. The van der Waals surface area contributed by atoms with Crippen LogP contribution in [0, 0.1) is 11.6 Å². The van der Waals surface area contributed by atoms with Crippen molar-refractivity contribution in [2.24, 2.45) is 0 Å². The lowest BCUT2D eigenvalue weighted by atomic mass is 10.0. The summed E-state index contributed by atoms with van der Waals surface area (Å²) in [5, 5.41) is 11.8. The van der Waals surface area contributed by atoms with E-state index in [0.29, 0.717) is 22.5 Å². The average molecular weight is 359 g/mol. The van der Waals surface area contributed by atoms with Gasteiger partial charge in [-0.2, -0.15) is 4.52 Å². The van der Waals surface area contributed by atoms with Crippen molar-refractivity contribution in [2.75, 3.05) is 0 Å². The van der Waals surface area contributed by atoms with Gasteiger partial charge < -0.3 is 4.74 Å². The Balaban J connectivity index is 1.78. The van der Waals surface area contributed by atoms with Crippen molar-refractivity contribution < 1.29 is 13.5 Å². The monoisotopic (exact) mass is 358 g/mol. The quantitative estimate of drug-likeness (QED) is 0.540. The zero-order valence-electron chi connectivity index (χ0n) is 12.5. The molecule has 25 heavy (non-hydrogen) atoms. The molecule has 0 amide bonds. The molecule has 2 heterocycles. The second-order valence-electron chi connectivity index (χ2n) is 5.16. The van der Waals surface area contributed by atoms with Crippen molar-refractivity contribution >= 4 is 17.2 Å². The molecule has 0 radical (unpaired) electrons. The van der Waals surface area contributed by atoms with Crippen molar-refractivity contribution in [3.8, 4) is 22.8 Å². The molecule has 4 rings (SSSR count). The highest BCUT2D eigenvalue weighted by Gasteiger charge is 2.12. The molecule has 0 N–H and O–H groups in total. The third kappa shape index (κ3) is 3.01. The summed E-state index contributed by atoms with van der Waals surface area (Å²) < 4.78 is 34.3. The van der Waals surface area contributed by atoms with Gasteiger partial charge in [-0.15, -0.1) is 15.3 Å². The van der Waals surface area contributed by atoms with Gasteiger partial charge in [-0.3, -0.25) is 0 Å². The number of aromatic nitrogens is 4. The molecule has 124 valence electrons. The van der Waals surface area contributed by atoms with E-state index in [2.05, 4.69) is 15.3 Å². The first-order chi connectivity index (χ1) is 12.1. The first kappa shape index (κ1) is 15.5. The molecule has 0 aliphatic rings. The summed E-state index contributed by atoms with van der Waals surface area (Å²) in [4.78, 5) is 0. The molecule has 0 unspecified atom stereocenters. The van der Waals surface area contributed by atoms with Crippen LogP contribution in [-0.4, -0.2) is 19.8 Å². The number of halogens is 3. The van der Waals surface area contributed by atoms with E-state index in [1.54, 1.807) is 24.3 Å². The molecular weight excluding hydrogens is 350 g/mol. The minimum absolute atomic E-state index is 0.0879. The Bertz CT molecular complexity index is 1080. The maximum absolute atomic E-state index is 13.7. The van der Waals surface area contributed by atoms with Gasteiger partial charge in [-0.25, -0.2) is 8.78 Å². The van der Waals surface area contributed by atoms with Crippen LogP contribution in [0.2, 0.25) is 5.28 Å². The van der Waals surface area contributed by atoms with Gasteiger partial charge in [0.25, 0.3) is 0 Å². The number of benzene rings is 2. The first-order valence-electron chi connectivity index (χ1n) is 7.21. The Labute approximate surface area is 145 Å². The Morgan fingerprint density at radius 2 is 1.76 bits per heavy atom. The van der Waals surface area contributed by atoms with Crippen LogP contribution >= 0.6 is 11.6 Å². The topological polar surface area (TPSA) is 52.3 Å². The maximum Gasteiger partial charge on any atom is 0.246 e. The summed E-state index contributed by atoms with van der Waals surface area (Å²) in [6.07, 6.45) is 0. The van der Waals surface area contributed by atoms with Gasteiger partial charge in [0, 0.05) is 11.6 Å². The van der Waals surface area contributed by atoms with Crippen LogP contribution in [0.25, 0.3) is 16.8 Å². The number of hydrogen-bond donors (Lipinski definition) is 0. The highest BCUT2D eigenvalue weighted by atomic mass is 35.5. The maximum atomic E-state index is 13.7. The fourth-order valence-electron chi connectivity index (χ4n) is 2.39. The first-order valence-corrected chi connectivity index (χ1v) is 7.59. The van der Waals surface area contributed by atoms with Crippen LogP contribution in [0.1, 0.15) is 0 Å². The largest absolute Gasteiger partial charge is 0.437 e. The van der Waals surface area contributed by atoms with Crippen molar-refractivity contribution in [3.63, 3.8) is 0 Å². The number of hydrogen-bond acceptors (Lipinski definition) is 4. The van der Waals surface area contributed by atoms with Crippen LogP contribution in [-0.2, 0) is 0 Å². The van der Waals surface area contributed by atoms with Crippen molar-refractivity contribution in [2.45, 2.75) is 0 Å². The molecule has 0 spiro atoms. The van der Waals surface area contributed by atoms with E-state index in [0.717, 1.165) is 0 Å². The number of rotatable bonds is 3. The summed E-state index contributed by atoms with van der Waals surface area (Å²) in [7, 11) is 0. The molecule has 0 saturated heterocycles.